The number of hydrogen-bond donors (Lipinski definition) is 1. The lowest BCUT2D eigenvalue weighted by molar-refractivity contribution is -0.135. The van der Waals surface area contributed by atoms with Crippen LogP contribution in [0.25, 0.3) is 0 Å². The molecule has 2 fully saturated rings. The molecule has 0 radical (unpaired) electrons. The summed E-state index contributed by atoms with van der Waals surface area (Å²) >= 11 is 3.47. The molecule has 4 heteroatoms. The van der Waals surface area contributed by atoms with Crippen molar-refractivity contribution in [1.82, 2.24) is 10.2 Å². The highest BCUT2D eigenvalue weighted by Gasteiger charge is 2.34. The van der Waals surface area contributed by atoms with Crippen LogP contribution < -0.4 is 5.32 Å². The summed E-state index contributed by atoms with van der Waals surface area (Å²) in [6, 6.07) is 8.86. The molecule has 108 valence electrons. The van der Waals surface area contributed by atoms with Gasteiger partial charge in [0.15, 0.2) is 0 Å². The average Bonchev–Trinajstić information content (AvgIpc) is 3.12. The lowest BCUT2D eigenvalue weighted by atomic mass is 10.0. The van der Waals surface area contributed by atoms with E-state index < -0.39 is 0 Å². The van der Waals surface area contributed by atoms with Crippen LogP contribution in [-0.2, 0) is 11.2 Å². The van der Waals surface area contributed by atoms with Gasteiger partial charge in [0, 0.05) is 23.6 Å². The van der Waals surface area contributed by atoms with Crippen molar-refractivity contribution in [3.05, 3.63) is 34.3 Å². The van der Waals surface area contributed by atoms with Gasteiger partial charge in [-0.05, 0) is 49.9 Å². The highest BCUT2D eigenvalue weighted by Crippen LogP contribution is 2.25. The smallest absolute Gasteiger partial charge is 0.227 e. The summed E-state index contributed by atoms with van der Waals surface area (Å²) in [5.41, 5.74) is 1.32. The molecule has 2 aliphatic heterocycles. The number of halogens is 1. The molecule has 2 heterocycles. The molecule has 20 heavy (non-hydrogen) atoms. The third kappa shape index (κ3) is 3.07. The highest BCUT2D eigenvalue weighted by atomic mass is 79.9. The summed E-state index contributed by atoms with van der Waals surface area (Å²) in [6.07, 6.45) is 4.27. The van der Waals surface area contributed by atoms with Gasteiger partial charge in [-0.15, -0.1) is 0 Å². The Labute approximate surface area is 128 Å². The molecular formula is C16H21BrN2O. The molecule has 1 aromatic rings. The Bertz CT molecular complexity index is 468. The zero-order valence-electron chi connectivity index (χ0n) is 11.6. The van der Waals surface area contributed by atoms with Gasteiger partial charge < -0.3 is 10.2 Å². The largest absolute Gasteiger partial charge is 0.339 e. The van der Waals surface area contributed by atoms with Crippen LogP contribution >= 0.6 is 15.9 Å². The van der Waals surface area contributed by atoms with E-state index in [2.05, 4.69) is 50.4 Å². The standard InChI is InChI=1S/C16H21BrN2O/c17-14-5-3-12(4-6-14)10-15-2-1-9-19(15)16(20)13-7-8-18-11-13/h3-6,13,15,18H,1-2,7-11H2/t13-,15-/m0/s1. The molecule has 0 aliphatic carbocycles. The maximum Gasteiger partial charge on any atom is 0.227 e. The van der Waals surface area contributed by atoms with Crippen molar-refractivity contribution in [2.75, 3.05) is 19.6 Å². The molecule has 2 atom stereocenters. The molecule has 0 bridgehead atoms. The molecule has 3 rings (SSSR count). The van der Waals surface area contributed by atoms with E-state index in [9.17, 15) is 4.79 Å². The third-order valence-corrected chi connectivity index (χ3v) is 4.98. The van der Waals surface area contributed by atoms with Crippen LogP contribution in [0.2, 0.25) is 0 Å². The zero-order chi connectivity index (χ0) is 13.9. The average molecular weight is 337 g/mol. The van der Waals surface area contributed by atoms with Gasteiger partial charge in [0.25, 0.3) is 0 Å². The van der Waals surface area contributed by atoms with Gasteiger partial charge in [-0.2, -0.15) is 0 Å². The maximum atomic E-state index is 12.6. The first-order chi connectivity index (χ1) is 9.74. The fourth-order valence-electron chi connectivity index (χ4n) is 3.33. The molecule has 2 saturated heterocycles. The fraction of sp³-hybridized carbons (Fsp3) is 0.562. The molecule has 2 aliphatic rings. The first-order valence-electron chi connectivity index (χ1n) is 7.49. The molecule has 1 aromatic carbocycles. The predicted molar refractivity (Wildman–Crippen MR) is 83.6 cm³/mol. The van der Waals surface area contributed by atoms with Gasteiger partial charge in [0.1, 0.15) is 0 Å². The topological polar surface area (TPSA) is 32.3 Å². The molecule has 0 unspecified atom stereocenters. The van der Waals surface area contributed by atoms with Gasteiger partial charge in [0.2, 0.25) is 5.91 Å². The van der Waals surface area contributed by atoms with Crippen molar-refractivity contribution < 1.29 is 4.79 Å². The molecule has 0 spiro atoms. The molecule has 0 aromatic heterocycles. The Balaban J connectivity index is 1.65. The summed E-state index contributed by atoms with van der Waals surface area (Å²) in [5, 5.41) is 3.29. The quantitative estimate of drug-likeness (QED) is 0.920. The van der Waals surface area contributed by atoms with Crippen LogP contribution in [0.3, 0.4) is 0 Å². The van der Waals surface area contributed by atoms with E-state index in [1.54, 1.807) is 0 Å². The first kappa shape index (κ1) is 14.1. The Morgan fingerprint density at radius 2 is 2.10 bits per heavy atom. The van der Waals surface area contributed by atoms with Gasteiger partial charge in [0.05, 0.1) is 5.92 Å². The third-order valence-electron chi connectivity index (χ3n) is 4.45. The van der Waals surface area contributed by atoms with E-state index in [1.165, 1.54) is 5.56 Å². The van der Waals surface area contributed by atoms with Crippen molar-refractivity contribution in [2.24, 2.45) is 5.92 Å². The number of likely N-dealkylation sites (tertiary alicyclic amines) is 1. The molecule has 1 amide bonds. The van der Waals surface area contributed by atoms with Crippen molar-refractivity contribution >= 4 is 21.8 Å². The molecular weight excluding hydrogens is 316 g/mol. The number of hydrogen-bond acceptors (Lipinski definition) is 2. The van der Waals surface area contributed by atoms with E-state index in [0.29, 0.717) is 11.9 Å². The van der Waals surface area contributed by atoms with E-state index in [0.717, 1.165) is 49.8 Å². The number of rotatable bonds is 3. The van der Waals surface area contributed by atoms with Crippen LogP contribution in [-0.4, -0.2) is 36.5 Å². The SMILES string of the molecule is O=C([C@H]1CCNC1)N1CCC[C@H]1Cc1ccc(Br)cc1. The van der Waals surface area contributed by atoms with Gasteiger partial charge in [-0.25, -0.2) is 0 Å². The van der Waals surface area contributed by atoms with Crippen LogP contribution in [0.15, 0.2) is 28.7 Å². The summed E-state index contributed by atoms with van der Waals surface area (Å²) in [5.74, 6) is 0.579. The van der Waals surface area contributed by atoms with E-state index in [4.69, 9.17) is 0 Å². The summed E-state index contributed by atoms with van der Waals surface area (Å²) in [7, 11) is 0. The van der Waals surface area contributed by atoms with Crippen molar-refractivity contribution in [1.29, 1.82) is 0 Å². The van der Waals surface area contributed by atoms with Gasteiger partial charge in [-0.1, -0.05) is 28.1 Å². The maximum absolute atomic E-state index is 12.6. The highest BCUT2D eigenvalue weighted by molar-refractivity contribution is 9.10. The lowest BCUT2D eigenvalue weighted by Crippen LogP contribution is -2.41. The van der Waals surface area contributed by atoms with E-state index in [-0.39, 0.29) is 5.92 Å². The van der Waals surface area contributed by atoms with Crippen LogP contribution in [0, 0.1) is 5.92 Å². The Morgan fingerprint density at radius 1 is 1.30 bits per heavy atom. The summed E-state index contributed by atoms with van der Waals surface area (Å²) < 4.78 is 1.11. The number of amides is 1. The number of carbonyl (C=O) groups excluding carboxylic acids is 1. The lowest BCUT2D eigenvalue weighted by Gasteiger charge is -2.27. The number of benzene rings is 1. The van der Waals surface area contributed by atoms with Crippen LogP contribution in [0.4, 0.5) is 0 Å². The van der Waals surface area contributed by atoms with Gasteiger partial charge >= 0.3 is 0 Å². The fourth-order valence-corrected chi connectivity index (χ4v) is 3.59. The molecule has 1 N–H and O–H groups in total. The van der Waals surface area contributed by atoms with Crippen molar-refractivity contribution in [3.63, 3.8) is 0 Å². The number of nitrogens with one attached hydrogen (secondary N) is 1. The van der Waals surface area contributed by atoms with Crippen molar-refractivity contribution in [2.45, 2.75) is 31.7 Å². The van der Waals surface area contributed by atoms with Gasteiger partial charge in [-0.3, -0.25) is 4.79 Å². The predicted octanol–water partition coefficient (Wildman–Crippen LogP) is 2.59. The van der Waals surface area contributed by atoms with E-state index >= 15 is 0 Å². The minimum absolute atomic E-state index is 0.209. The van der Waals surface area contributed by atoms with Crippen molar-refractivity contribution in [3.8, 4) is 0 Å². The molecule has 3 nitrogen and oxygen atoms in total. The Hall–Kier alpha value is -0.870. The first-order valence-corrected chi connectivity index (χ1v) is 8.29. The number of nitrogens with zero attached hydrogens (tertiary/aromatic N) is 1. The minimum Gasteiger partial charge on any atom is -0.339 e. The second-order valence-electron chi connectivity index (χ2n) is 5.85. The summed E-state index contributed by atoms with van der Waals surface area (Å²) in [6.45, 7) is 2.79. The normalized spacial score (nSPS) is 26.1. The Kier molecular flexibility index (Phi) is 4.41. The minimum atomic E-state index is 0.209. The zero-order valence-corrected chi connectivity index (χ0v) is 13.2. The molecule has 0 saturated carbocycles. The number of carbonyl (C=O) groups is 1. The van der Waals surface area contributed by atoms with Crippen LogP contribution in [0.5, 0.6) is 0 Å². The second-order valence-corrected chi connectivity index (χ2v) is 6.76. The second kappa shape index (κ2) is 6.27. The Morgan fingerprint density at radius 3 is 2.80 bits per heavy atom. The monoisotopic (exact) mass is 336 g/mol. The summed E-state index contributed by atoms with van der Waals surface area (Å²) in [4.78, 5) is 14.7. The van der Waals surface area contributed by atoms with Crippen LogP contribution in [0.1, 0.15) is 24.8 Å². The van der Waals surface area contributed by atoms with E-state index in [1.807, 2.05) is 0 Å².